The molecule has 0 unspecified atom stereocenters. The second-order valence-electron chi connectivity index (χ2n) is 5.80. The number of benzene rings is 1. The summed E-state index contributed by atoms with van der Waals surface area (Å²) in [6.07, 6.45) is 4.66. The van der Waals surface area contributed by atoms with Gasteiger partial charge in [0.1, 0.15) is 0 Å². The third kappa shape index (κ3) is 6.07. The van der Waals surface area contributed by atoms with Crippen LogP contribution in [0.4, 0.5) is 0 Å². The Morgan fingerprint density at radius 1 is 1.38 bits per heavy atom. The van der Waals surface area contributed by atoms with E-state index in [0.29, 0.717) is 37.6 Å². The van der Waals surface area contributed by atoms with Gasteiger partial charge in [0, 0.05) is 31.9 Å². The van der Waals surface area contributed by atoms with Crippen LogP contribution in [0.15, 0.2) is 41.8 Å². The summed E-state index contributed by atoms with van der Waals surface area (Å²) in [4.78, 5) is 12.0. The molecule has 1 aromatic carbocycles. The highest BCUT2D eigenvalue weighted by Gasteiger charge is 2.21. The van der Waals surface area contributed by atoms with Crippen LogP contribution in [0.25, 0.3) is 0 Å². The summed E-state index contributed by atoms with van der Waals surface area (Å²) in [7, 11) is -3.63. The van der Waals surface area contributed by atoms with Crippen molar-refractivity contribution in [3.05, 3.63) is 42.5 Å². The van der Waals surface area contributed by atoms with E-state index >= 15 is 0 Å². The summed E-state index contributed by atoms with van der Waals surface area (Å²) in [6, 6.07) is 5.96. The monoisotopic (exact) mass is 352 g/mol. The Bertz CT molecular complexity index is 669. The van der Waals surface area contributed by atoms with E-state index in [9.17, 15) is 13.2 Å². The molecule has 132 valence electrons. The highest BCUT2D eigenvalue weighted by Crippen LogP contribution is 2.28. The number of nitrogens with one attached hydrogen (secondary N) is 2. The van der Waals surface area contributed by atoms with Gasteiger partial charge in [-0.05, 0) is 43.4 Å². The number of carbonyl (C=O) groups is 1. The Hall–Kier alpha value is -1.70. The molecule has 1 aliphatic carbocycles. The topological polar surface area (TPSA) is 84.5 Å². The van der Waals surface area contributed by atoms with Gasteiger partial charge in [0.25, 0.3) is 5.91 Å². The van der Waals surface area contributed by atoms with E-state index in [2.05, 4.69) is 16.6 Å². The largest absolute Gasteiger partial charge is 0.381 e. The van der Waals surface area contributed by atoms with Gasteiger partial charge in [0.05, 0.1) is 4.90 Å². The summed E-state index contributed by atoms with van der Waals surface area (Å²) in [5, 5.41) is 2.62. The first-order valence-corrected chi connectivity index (χ1v) is 9.58. The van der Waals surface area contributed by atoms with Crippen LogP contribution in [0.2, 0.25) is 0 Å². The van der Waals surface area contributed by atoms with Crippen LogP contribution in [0.5, 0.6) is 0 Å². The first kappa shape index (κ1) is 18.6. The highest BCUT2D eigenvalue weighted by atomic mass is 32.2. The molecule has 0 saturated heterocycles. The number of hydrogen-bond acceptors (Lipinski definition) is 4. The molecule has 1 fully saturated rings. The van der Waals surface area contributed by atoms with Crippen LogP contribution in [0, 0.1) is 5.92 Å². The van der Waals surface area contributed by atoms with Crippen molar-refractivity contribution in [3.8, 4) is 0 Å². The zero-order chi connectivity index (χ0) is 17.4. The van der Waals surface area contributed by atoms with Gasteiger partial charge in [0.15, 0.2) is 0 Å². The SMILES string of the molecule is C=CCNC(=O)c1cccc(S(=O)(=O)NCCCOCC2CC2)c1. The van der Waals surface area contributed by atoms with Crippen LogP contribution in [0.3, 0.4) is 0 Å². The third-order valence-corrected chi connectivity index (χ3v) is 5.08. The van der Waals surface area contributed by atoms with Crippen molar-refractivity contribution in [1.29, 1.82) is 0 Å². The predicted octanol–water partition coefficient (Wildman–Crippen LogP) is 1.70. The van der Waals surface area contributed by atoms with Gasteiger partial charge in [-0.3, -0.25) is 4.79 Å². The molecule has 6 nitrogen and oxygen atoms in total. The van der Waals surface area contributed by atoms with Crippen molar-refractivity contribution < 1.29 is 17.9 Å². The van der Waals surface area contributed by atoms with Crippen molar-refractivity contribution in [2.24, 2.45) is 5.92 Å². The standard InChI is InChI=1S/C17H24N2O4S/c1-2-9-18-17(20)15-5-3-6-16(12-15)24(21,22)19-10-4-11-23-13-14-7-8-14/h2-3,5-6,12,14,19H,1,4,7-11,13H2,(H,18,20). The molecule has 0 atom stereocenters. The molecule has 0 aliphatic heterocycles. The van der Waals surface area contributed by atoms with E-state index < -0.39 is 10.0 Å². The van der Waals surface area contributed by atoms with E-state index in [1.165, 1.54) is 25.0 Å². The zero-order valence-corrected chi connectivity index (χ0v) is 14.5. The second kappa shape index (κ2) is 8.96. The Morgan fingerprint density at radius 3 is 2.88 bits per heavy atom. The number of ether oxygens (including phenoxy) is 1. The molecule has 1 aliphatic rings. The molecule has 2 rings (SSSR count). The Morgan fingerprint density at radius 2 is 2.17 bits per heavy atom. The molecule has 0 spiro atoms. The lowest BCUT2D eigenvalue weighted by atomic mass is 10.2. The number of hydrogen-bond donors (Lipinski definition) is 2. The molecule has 7 heteroatoms. The quantitative estimate of drug-likeness (QED) is 0.469. The molecule has 2 N–H and O–H groups in total. The zero-order valence-electron chi connectivity index (χ0n) is 13.7. The summed E-state index contributed by atoms with van der Waals surface area (Å²) in [5.74, 6) is 0.372. The summed E-state index contributed by atoms with van der Waals surface area (Å²) >= 11 is 0. The van der Waals surface area contributed by atoms with E-state index in [1.807, 2.05) is 0 Å². The summed E-state index contributed by atoms with van der Waals surface area (Å²) in [5.41, 5.74) is 0.299. The number of rotatable bonds is 11. The van der Waals surface area contributed by atoms with Crippen LogP contribution >= 0.6 is 0 Å². The summed E-state index contributed by atoms with van der Waals surface area (Å²) in [6.45, 7) is 5.47. The molecule has 1 amide bonds. The van der Waals surface area contributed by atoms with Crippen LogP contribution < -0.4 is 10.0 Å². The minimum Gasteiger partial charge on any atom is -0.381 e. The average molecular weight is 352 g/mol. The molecule has 1 saturated carbocycles. The number of sulfonamides is 1. The van der Waals surface area contributed by atoms with Crippen molar-refractivity contribution >= 4 is 15.9 Å². The molecule has 24 heavy (non-hydrogen) atoms. The molecule has 1 aromatic rings. The molecular weight excluding hydrogens is 328 g/mol. The molecule has 0 heterocycles. The van der Waals surface area contributed by atoms with Crippen molar-refractivity contribution in [2.45, 2.75) is 24.2 Å². The second-order valence-corrected chi connectivity index (χ2v) is 7.56. The van der Waals surface area contributed by atoms with Gasteiger partial charge in [0.2, 0.25) is 10.0 Å². The molecule has 0 aromatic heterocycles. The van der Waals surface area contributed by atoms with Crippen LogP contribution in [0.1, 0.15) is 29.6 Å². The highest BCUT2D eigenvalue weighted by molar-refractivity contribution is 7.89. The maximum Gasteiger partial charge on any atom is 0.251 e. The fourth-order valence-electron chi connectivity index (χ4n) is 2.07. The van der Waals surface area contributed by atoms with Crippen molar-refractivity contribution in [1.82, 2.24) is 10.0 Å². The average Bonchev–Trinajstić information content (AvgIpc) is 3.40. The van der Waals surface area contributed by atoms with E-state index in [1.54, 1.807) is 18.2 Å². The van der Waals surface area contributed by atoms with Gasteiger partial charge < -0.3 is 10.1 Å². The van der Waals surface area contributed by atoms with Gasteiger partial charge >= 0.3 is 0 Å². The van der Waals surface area contributed by atoms with Gasteiger partial charge in [-0.1, -0.05) is 12.1 Å². The molecular formula is C17H24N2O4S. The fourth-order valence-corrected chi connectivity index (χ4v) is 3.19. The van der Waals surface area contributed by atoms with Crippen molar-refractivity contribution in [2.75, 3.05) is 26.3 Å². The lowest BCUT2D eigenvalue weighted by Crippen LogP contribution is -2.27. The number of carbonyl (C=O) groups excluding carboxylic acids is 1. The Balaban J connectivity index is 1.83. The smallest absolute Gasteiger partial charge is 0.251 e. The number of amides is 1. The first-order valence-electron chi connectivity index (χ1n) is 8.09. The minimum absolute atomic E-state index is 0.0765. The maximum atomic E-state index is 12.3. The predicted molar refractivity (Wildman–Crippen MR) is 92.3 cm³/mol. The Labute approximate surface area is 143 Å². The van der Waals surface area contributed by atoms with E-state index in [0.717, 1.165) is 6.61 Å². The maximum absolute atomic E-state index is 12.3. The van der Waals surface area contributed by atoms with Crippen LogP contribution in [-0.2, 0) is 14.8 Å². The van der Waals surface area contributed by atoms with Crippen molar-refractivity contribution in [3.63, 3.8) is 0 Å². The molecule has 0 bridgehead atoms. The lowest BCUT2D eigenvalue weighted by Gasteiger charge is -2.09. The normalized spacial score (nSPS) is 14.3. The van der Waals surface area contributed by atoms with Gasteiger partial charge in [-0.15, -0.1) is 6.58 Å². The summed E-state index contributed by atoms with van der Waals surface area (Å²) < 4.78 is 32.5. The lowest BCUT2D eigenvalue weighted by molar-refractivity contribution is 0.0958. The van der Waals surface area contributed by atoms with Gasteiger partial charge in [-0.2, -0.15) is 0 Å². The Kier molecular flexibility index (Phi) is 6.96. The van der Waals surface area contributed by atoms with Crippen LogP contribution in [-0.4, -0.2) is 40.6 Å². The fraction of sp³-hybridized carbons (Fsp3) is 0.471. The first-order chi connectivity index (χ1) is 11.5. The minimum atomic E-state index is -3.63. The molecule has 0 radical (unpaired) electrons. The third-order valence-electron chi connectivity index (χ3n) is 3.62. The van der Waals surface area contributed by atoms with E-state index in [4.69, 9.17) is 4.74 Å². The van der Waals surface area contributed by atoms with Gasteiger partial charge in [-0.25, -0.2) is 13.1 Å². The van der Waals surface area contributed by atoms with E-state index in [-0.39, 0.29) is 10.8 Å².